The number of rotatable bonds is 6. The summed E-state index contributed by atoms with van der Waals surface area (Å²) in [6.07, 6.45) is -4.30. The summed E-state index contributed by atoms with van der Waals surface area (Å²) >= 11 is 0. The van der Waals surface area contributed by atoms with Gasteiger partial charge in [-0.3, -0.25) is 10.1 Å². The molecule has 188 valence electrons. The summed E-state index contributed by atoms with van der Waals surface area (Å²) in [4.78, 5) is 29.6. The highest BCUT2D eigenvalue weighted by Crippen LogP contribution is 2.43. The monoisotopic (exact) mass is 497 g/mol. The van der Waals surface area contributed by atoms with E-state index in [9.17, 15) is 18.4 Å². The number of ether oxygens (including phenoxy) is 3. The molecule has 8 nitrogen and oxygen atoms in total. The van der Waals surface area contributed by atoms with Gasteiger partial charge in [0.25, 0.3) is 0 Å². The smallest absolute Gasteiger partial charge is 0.450 e. The third kappa shape index (κ3) is 5.22. The Bertz CT molecular complexity index is 1330. The van der Waals surface area contributed by atoms with E-state index in [1.54, 1.807) is 51.1 Å². The lowest BCUT2D eigenvalue weighted by Gasteiger charge is -2.24. The van der Waals surface area contributed by atoms with Crippen LogP contribution < -0.4 is 20.1 Å². The molecule has 36 heavy (non-hydrogen) atoms. The van der Waals surface area contributed by atoms with Crippen LogP contribution in [0.4, 0.5) is 25.1 Å². The van der Waals surface area contributed by atoms with Crippen LogP contribution in [0.1, 0.15) is 31.9 Å². The number of fused-ring (bicyclic) bond motifs is 1. The maximum Gasteiger partial charge on any atom is 0.586 e. The van der Waals surface area contributed by atoms with E-state index in [4.69, 9.17) is 4.74 Å². The molecule has 0 radical (unpaired) electrons. The average Bonchev–Trinajstić information content (AvgIpc) is 3.13. The van der Waals surface area contributed by atoms with E-state index in [1.165, 1.54) is 12.1 Å². The predicted octanol–water partition coefficient (Wildman–Crippen LogP) is 5.86. The Morgan fingerprint density at radius 2 is 1.78 bits per heavy atom. The molecule has 10 heteroatoms. The predicted molar refractivity (Wildman–Crippen MR) is 129 cm³/mol. The van der Waals surface area contributed by atoms with Crippen LogP contribution >= 0.6 is 0 Å². The molecular weight excluding hydrogens is 472 g/mol. The fourth-order valence-electron chi connectivity index (χ4n) is 3.66. The summed E-state index contributed by atoms with van der Waals surface area (Å²) in [5.74, 6) is -0.312. The first-order valence-corrected chi connectivity index (χ1v) is 11.2. The molecule has 0 aliphatic carbocycles. The maximum atomic E-state index is 13.4. The Kier molecular flexibility index (Phi) is 6.53. The highest BCUT2D eigenvalue weighted by molar-refractivity contribution is 5.98. The Morgan fingerprint density at radius 3 is 2.53 bits per heavy atom. The van der Waals surface area contributed by atoms with Crippen LogP contribution in [0, 0.1) is 6.92 Å². The molecule has 2 heterocycles. The van der Waals surface area contributed by atoms with Gasteiger partial charge in [0.2, 0.25) is 5.91 Å². The summed E-state index contributed by atoms with van der Waals surface area (Å²) in [5.41, 5.74) is 2.10. The molecule has 1 aliphatic heterocycles. The molecule has 2 aromatic carbocycles. The van der Waals surface area contributed by atoms with Crippen LogP contribution in [0.15, 0.2) is 54.6 Å². The number of carbonyl (C=O) groups excluding carboxylic acids is 2. The van der Waals surface area contributed by atoms with Gasteiger partial charge in [-0.05, 0) is 69.2 Å². The van der Waals surface area contributed by atoms with E-state index < -0.39 is 23.7 Å². The SMILES string of the molecule is CCOC(=O)Nc1cccc(-c2nc(NC(=O)C(C)(C)c3ccc4c(c3)OC(F)(F)O4)ccc2C)c1. The number of aryl methyl sites for hydroxylation is 1. The fraction of sp³-hybridized carbons (Fsp3) is 0.269. The number of hydrogen-bond donors (Lipinski definition) is 2. The van der Waals surface area contributed by atoms with Gasteiger partial charge >= 0.3 is 12.4 Å². The number of nitrogens with zero attached hydrogens (tertiary/aromatic N) is 1. The lowest BCUT2D eigenvalue weighted by atomic mass is 9.83. The standard InChI is InChI=1S/C26H25F2N3O5/c1-5-34-24(33)29-18-8-6-7-16(13-18)22-15(2)9-12-21(30-22)31-23(32)25(3,4)17-10-11-19-20(14-17)36-26(27,28)35-19/h6-14H,5H2,1-4H3,(H,29,33)(H,30,31,32). The van der Waals surface area contributed by atoms with Gasteiger partial charge in [-0.1, -0.05) is 24.3 Å². The Morgan fingerprint density at radius 1 is 1.03 bits per heavy atom. The minimum absolute atomic E-state index is 0.0931. The Labute approximate surface area is 206 Å². The molecule has 1 aromatic heterocycles. The Balaban J connectivity index is 1.55. The second kappa shape index (κ2) is 9.44. The second-order valence-corrected chi connectivity index (χ2v) is 8.70. The van der Waals surface area contributed by atoms with Crippen LogP contribution in [0.25, 0.3) is 11.3 Å². The normalized spacial score (nSPS) is 13.7. The van der Waals surface area contributed by atoms with E-state index in [0.717, 1.165) is 11.1 Å². The van der Waals surface area contributed by atoms with Gasteiger partial charge in [0.15, 0.2) is 11.5 Å². The van der Waals surface area contributed by atoms with Gasteiger partial charge in [0.05, 0.1) is 17.7 Å². The summed E-state index contributed by atoms with van der Waals surface area (Å²) in [5, 5.41) is 5.46. The Hall–Kier alpha value is -4.21. The topological polar surface area (TPSA) is 98.8 Å². The van der Waals surface area contributed by atoms with Gasteiger partial charge in [-0.15, -0.1) is 8.78 Å². The minimum atomic E-state index is -3.74. The first-order valence-electron chi connectivity index (χ1n) is 11.2. The van der Waals surface area contributed by atoms with E-state index in [-0.39, 0.29) is 18.1 Å². The van der Waals surface area contributed by atoms with Crippen molar-refractivity contribution in [2.24, 2.45) is 0 Å². The van der Waals surface area contributed by atoms with Crippen LogP contribution in [-0.2, 0) is 14.9 Å². The first kappa shape index (κ1) is 24.9. The molecule has 4 rings (SSSR count). The molecule has 3 aromatic rings. The van der Waals surface area contributed by atoms with Crippen molar-refractivity contribution >= 4 is 23.5 Å². The van der Waals surface area contributed by atoms with Crippen molar-refractivity contribution in [3.63, 3.8) is 0 Å². The molecule has 2 amide bonds. The van der Waals surface area contributed by atoms with Gasteiger partial charge < -0.3 is 19.5 Å². The lowest BCUT2D eigenvalue weighted by Crippen LogP contribution is -2.35. The van der Waals surface area contributed by atoms with Crippen LogP contribution in [0.5, 0.6) is 11.5 Å². The highest BCUT2D eigenvalue weighted by atomic mass is 19.3. The zero-order chi connectivity index (χ0) is 26.1. The molecule has 0 saturated carbocycles. The number of carbonyl (C=O) groups is 2. The van der Waals surface area contributed by atoms with Crippen molar-refractivity contribution in [3.05, 3.63) is 65.7 Å². The van der Waals surface area contributed by atoms with E-state index in [2.05, 4.69) is 25.1 Å². The van der Waals surface area contributed by atoms with Gasteiger partial charge in [-0.2, -0.15) is 0 Å². The summed E-state index contributed by atoms with van der Waals surface area (Å²) in [7, 11) is 0. The number of amides is 2. The molecule has 0 spiro atoms. The van der Waals surface area contributed by atoms with Crippen molar-refractivity contribution in [1.82, 2.24) is 4.98 Å². The number of halogens is 2. The maximum absolute atomic E-state index is 13.4. The molecule has 1 aliphatic rings. The van der Waals surface area contributed by atoms with Crippen LogP contribution in [0.2, 0.25) is 0 Å². The van der Waals surface area contributed by atoms with E-state index >= 15 is 0 Å². The molecule has 2 N–H and O–H groups in total. The minimum Gasteiger partial charge on any atom is -0.450 e. The van der Waals surface area contributed by atoms with Crippen molar-refractivity contribution in [1.29, 1.82) is 0 Å². The quantitative estimate of drug-likeness (QED) is 0.442. The van der Waals surface area contributed by atoms with E-state index in [0.29, 0.717) is 22.8 Å². The molecular formula is C26H25F2N3O5. The number of nitrogens with one attached hydrogen (secondary N) is 2. The number of alkyl halides is 2. The average molecular weight is 497 g/mol. The number of benzene rings is 2. The van der Waals surface area contributed by atoms with Gasteiger partial charge in [0, 0.05) is 11.3 Å². The van der Waals surface area contributed by atoms with Crippen LogP contribution in [-0.4, -0.2) is 29.9 Å². The molecule has 0 bridgehead atoms. The van der Waals surface area contributed by atoms with Crippen molar-refractivity contribution in [2.75, 3.05) is 17.2 Å². The van der Waals surface area contributed by atoms with Gasteiger partial charge in [0.1, 0.15) is 5.82 Å². The lowest BCUT2D eigenvalue weighted by molar-refractivity contribution is -0.286. The number of aromatic nitrogens is 1. The second-order valence-electron chi connectivity index (χ2n) is 8.70. The van der Waals surface area contributed by atoms with Crippen molar-refractivity contribution in [3.8, 4) is 22.8 Å². The zero-order valence-electron chi connectivity index (χ0n) is 20.1. The third-order valence-corrected chi connectivity index (χ3v) is 5.69. The summed E-state index contributed by atoms with van der Waals surface area (Å²) in [6.45, 7) is 7.18. The largest absolute Gasteiger partial charge is 0.586 e. The number of pyridine rings is 1. The highest BCUT2D eigenvalue weighted by Gasteiger charge is 2.44. The molecule has 0 saturated heterocycles. The summed E-state index contributed by atoms with van der Waals surface area (Å²) in [6, 6.07) is 14.8. The third-order valence-electron chi connectivity index (χ3n) is 5.69. The zero-order valence-corrected chi connectivity index (χ0v) is 20.1. The first-order chi connectivity index (χ1) is 17.0. The van der Waals surface area contributed by atoms with Crippen molar-refractivity contribution in [2.45, 2.75) is 39.4 Å². The molecule has 0 atom stereocenters. The fourth-order valence-corrected chi connectivity index (χ4v) is 3.66. The van der Waals surface area contributed by atoms with Gasteiger partial charge in [-0.25, -0.2) is 9.78 Å². The summed E-state index contributed by atoms with van der Waals surface area (Å²) < 4.78 is 40.6. The molecule has 0 fully saturated rings. The number of hydrogen-bond acceptors (Lipinski definition) is 6. The van der Waals surface area contributed by atoms with E-state index in [1.807, 2.05) is 19.1 Å². The van der Waals surface area contributed by atoms with Crippen LogP contribution in [0.3, 0.4) is 0 Å². The molecule has 0 unspecified atom stereocenters. The number of anilines is 2. The van der Waals surface area contributed by atoms with Crippen molar-refractivity contribution < 1.29 is 32.6 Å².